The SMILES string of the molecule is Cc1ccc(S(=O)(=O)N2CCOCC2)cc1NC(=O)CSc1nc(C)c(C)c(C)c1C#N. The van der Waals surface area contributed by atoms with Crippen LogP contribution in [-0.2, 0) is 19.6 Å². The van der Waals surface area contributed by atoms with Gasteiger partial charge >= 0.3 is 0 Å². The van der Waals surface area contributed by atoms with Crippen LogP contribution >= 0.6 is 11.8 Å². The Hall–Kier alpha value is -2.45. The van der Waals surface area contributed by atoms with E-state index in [2.05, 4.69) is 16.4 Å². The molecule has 2 heterocycles. The molecule has 0 unspecified atom stereocenters. The van der Waals surface area contributed by atoms with Gasteiger partial charge in [0.05, 0.1) is 29.4 Å². The number of nitrogens with one attached hydrogen (secondary N) is 1. The molecule has 0 aliphatic carbocycles. The summed E-state index contributed by atoms with van der Waals surface area (Å²) >= 11 is 1.19. The van der Waals surface area contributed by atoms with Gasteiger partial charge in [0.25, 0.3) is 0 Å². The first kappa shape index (κ1) is 24.2. The summed E-state index contributed by atoms with van der Waals surface area (Å²) in [6, 6.07) is 6.89. The van der Waals surface area contributed by atoms with Crippen molar-refractivity contribution in [1.82, 2.24) is 9.29 Å². The molecule has 10 heteroatoms. The minimum Gasteiger partial charge on any atom is -0.379 e. The molecule has 0 atom stereocenters. The zero-order chi connectivity index (χ0) is 23.5. The van der Waals surface area contributed by atoms with Gasteiger partial charge in [0.15, 0.2) is 0 Å². The van der Waals surface area contributed by atoms with Gasteiger partial charge in [0, 0.05) is 24.5 Å². The third kappa shape index (κ3) is 5.13. The summed E-state index contributed by atoms with van der Waals surface area (Å²) in [7, 11) is -3.66. The first-order valence-electron chi connectivity index (χ1n) is 10.1. The zero-order valence-electron chi connectivity index (χ0n) is 18.6. The van der Waals surface area contributed by atoms with Crippen LogP contribution in [0.25, 0.3) is 0 Å². The molecular weight excluding hydrogens is 448 g/mol. The standard InChI is InChI=1S/C22H26N4O4S2/c1-14-5-6-18(32(28,29)26-7-9-30-10-8-26)11-20(14)25-21(27)13-31-22-19(12-23)16(3)15(2)17(4)24-22/h5-6,11H,7-10,13H2,1-4H3,(H,25,27). The van der Waals surface area contributed by atoms with Crippen LogP contribution in [0, 0.1) is 39.0 Å². The van der Waals surface area contributed by atoms with Gasteiger partial charge in [-0.1, -0.05) is 17.8 Å². The van der Waals surface area contributed by atoms with E-state index in [1.165, 1.54) is 22.1 Å². The lowest BCUT2D eigenvalue weighted by Crippen LogP contribution is -2.40. The van der Waals surface area contributed by atoms with Crippen molar-refractivity contribution in [2.45, 2.75) is 37.6 Å². The number of rotatable bonds is 6. The van der Waals surface area contributed by atoms with Gasteiger partial charge < -0.3 is 10.1 Å². The number of carbonyl (C=O) groups excluding carboxylic acids is 1. The number of benzene rings is 1. The van der Waals surface area contributed by atoms with Crippen LogP contribution in [0.2, 0.25) is 0 Å². The Labute approximate surface area is 193 Å². The summed E-state index contributed by atoms with van der Waals surface area (Å²) in [5.41, 5.74) is 4.31. The minimum absolute atomic E-state index is 0.0451. The van der Waals surface area contributed by atoms with E-state index in [4.69, 9.17) is 4.74 Å². The van der Waals surface area contributed by atoms with Crippen molar-refractivity contribution in [2.24, 2.45) is 0 Å². The highest BCUT2D eigenvalue weighted by Gasteiger charge is 2.27. The third-order valence-electron chi connectivity index (χ3n) is 5.51. The van der Waals surface area contributed by atoms with E-state index in [-0.39, 0.29) is 16.6 Å². The summed E-state index contributed by atoms with van der Waals surface area (Å²) < 4.78 is 32.5. The first-order valence-corrected chi connectivity index (χ1v) is 12.6. The number of anilines is 1. The fourth-order valence-corrected chi connectivity index (χ4v) is 5.62. The van der Waals surface area contributed by atoms with Crippen LogP contribution in [0.3, 0.4) is 0 Å². The fraction of sp³-hybridized carbons (Fsp3) is 0.409. The molecule has 1 aliphatic rings. The normalized spacial score (nSPS) is 14.7. The van der Waals surface area contributed by atoms with Crippen LogP contribution in [-0.4, -0.2) is 55.7 Å². The molecule has 1 amide bonds. The first-order chi connectivity index (χ1) is 15.1. The Bertz CT molecular complexity index is 1180. The molecule has 0 saturated carbocycles. The number of amides is 1. The molecule has 170 valence electrons. The lowest BCUT2D eigenvalue weighted by Gasteiger charge is -2.26. The van der Waals surface area contributed by atoms with Crippen LogP contribution < -0.4 is 5.32 Å². The molecule has 1 fully saturated rings. The highest BCUT2D eigenvalue weighted by atomic mass is 32.2. The maximum absolute atomic E-state index is 12.9. The average Bonchev–Trinajstić information content (AvgIpc) is 2.78. The van der Waals surface area contributed by atoms with Gasteiger partial charge in [0.1, 0.15) is 11.1 Å². The fourth-order valence-electron chi connectivity index (χ4n) is 3.30. The number of pyridine rings is 1. The average molecular weight is 475 g/mol. The lowest BCUT2D eigenvalue weighted by molar-refractivity contribution is -0.113. The summed E-state index contributed by atoms with van der Waals surface area (Å²) in [6.45, 7) is 8.80. The van der Waals surface area contributed by atoms with Gasteiger partial charge in [-0.25, -0.2) is 13.4 Å². The Morgan fingerprint density at radius 1 is 1.22 bits per heavy atom. The van der Waals surface area contributed by atoms with Crippen molar-refractivity contribution in [1.29, 1.82) is 5.26 Å². The Kier molecular flexibility index (Phi) is 7.56. The molecule has 1 aromatic carbocycles. The minimum atomic E-state index is -3.66. The van der Waals surface area contributed by atoms with E-state index in [0.717, 1.165) is 22.4 Å². The number of morpholine rings is 1. The number of thioether (sulfide) groups is 1. The molecule has 0 radical (unpaired) electrons. The Morgan fingerprint density at radius 3 is 2.56 bits per heavy atom. The van der Waals surface area contributed by atoms with Crippen molar-refractivity contribution < 1.29 is 17.9 Å². The summed E-state index contributed by atoms with van der Waals surface area (Å²) in [5, 5.41) is 12.8. The van der Waals surface area contributed by atoms with Crippen molar-refractivity contribution in [3.05, 3.63) is 46.1 Å². The van der Waals surface area contributed by atoms with E-state index in [1.54, 1.807) is 19.1 Å². The Balaban J connectivity index is 1.75. The lowest BCUT2D eigenvalue weighted by atomic mass is 10.1. The molecule has 32 heavy (non-hydrogen) atoms. The quantitative estimate of drug-likeness (QED) is 0.641. The maximum Gasteiger partial charge on any atom is 0.243 e. The molecule has 1 aliphatic heterocycles. The largest absolute Gasteiger partial charge is 0.379 e. The summed E-state index contributed by atoms with van der Waals surface area (Å²) in [6.07, 6.45) is 0. The van der Waals surface area contributed by atoms with Gasteiger partial charge in [-0.05, 0) is 56.5 Å². The highest BCUT2D eigenvalue weighted by Crippen LogP contribution is 2.27. The molecular formula is C22H26N4O4S2. The number of aryl methyl sites for hydroxylation is 2. The second kappa shape index (κ2) is 10.0. The number of carbonyl (C=O) groups is 1. The van der Waals surface area contributed by atoms with Crippen LogP contribution in [0.5, 0.6) is 0 Å². The highest BCUT2D eigenvalue weighted by molar-refractivity contribution is 8.00. The van der Waals surface area contributed by atoms with Crippen molar-refractivity contribution >= 4 is 33.4 Å². The maximum atomic E-state index is 12.9. The summed E-state index contributed by atoms with van der Waals surface area (Å²) in [5.74, 6) is -0.260. The number of nitriles is 1. The van der Waals surface area contributed by atoms with Crippen molar-refractivity contribution in [3.8, 4) is 6.07 Å². The number of nitrogens with zero attached hydrogens (tertiary/aromatic N) is 3. The van der Waals surface area contributed by atoms with E-state index >= 15 is 0 Å². The monoisotopic (exact) mass is 474 g/mol. The van der Waals surface area contributed by atoms with E-state index in [0.29, 0.717) is 42.6 Å². The van der Waals surface area contributed by atoms with Crippen molar-refractivity contribution in [3.63, 3.8) is 0 Å². The van der Waals surface area contributed by atoms with Crippen LogP contribution in [0.1, 0.15) is 27.9 Å². The predicted octanol–water partition coefficient (Wildman–Crippen LogP) is 2.94. The number of ether oxygens (including phenoxy) is 1. The second-order valence-electron chi connectivity index (χ2n) is 7.57. The second-order valence-corrected chi connectivity index (χ2v) is 10.5. The molecule has 1 saturated heterocycles. The van der Waals surface area contributed by atoms with Gasteiger partial charge in [-0.3, -0.25) is 4.79 Å². The van der Waals surface area contributed by atoms with Crippen LogP contribution in [0.4, 0.5) is 5.69 Å². The van der Waals surface area contributed by atoms with Crippen molar-refractivity contribution in [2.75, 3.05) is 37.4 Å². The van der Waals surface area contributed by atoms with Gasteiger partial charge in [-0.2, -0.15) is 9.57 Å². The molecule has 1 aromatic heterocycles. The smallest absolute Gasteiger partial charge is 0.243 e. The van der Waals surface area contributed by atoms with Gasteiger partial charge in [0.2, 0.25) is 15.9 Å². The molecule has 2 aromatic rings. The van der Waals surface area contributed by atoms with E-state index < -0.39 is 10.0 Å². The number of aromatic nitrogens is 1. The number of hydrogen-bond acceptors (Lipinski definition) is 7. The third-order valence-corrected chi connectivity index (χ3v) is 8.38. The predicted molar refractivity (Wildman–Crippen MR) is 123 cm³/mol. The summed E-state index contributed by atoms with van der Waals surface area (Å²) in [4.78, 5) is 17.2. The molecule has 0 bridgehead atoms. The molecule has 8 nitrogen and oxygen atoms in total. The molecule has 1 N–H and O–H groups in total. The topological polar surface area (TPSA) is 112 Å². The zero-order valence-corrected chi connectivity index (χ0v) is 20.2. The number of sulfonamides is 1. The van der Waals surface area contributed by atoms with Crippen LogP contribution in [0.15, 0.2) is 28.1 Å². The van der Waals surface area contributed by atoms with E-state index in [1.807, 2.05) is 20.8 Å². The van der Waals surface area contributed by atoms with E-state index in [9.17, 15) is 18.5 Å². The van der Waals surface area contributed by atoms with Gasteiger partial charge in [-0.15, -0.1) is 0 Å². The molecule has 0 spiro atoms. The molecule has 3 rings (SSSR count). The Morgan fingerprint density at radius 2 is 1.91 bits per heavy atom. The number of hydrogen-bond donors (Lipinski definition) is 1.